The number of carbonyl (C=O) groups is 1. The maximum atomic E-state index is 12.0. The molecule has 0 saturated heterocycles. The van der Waals surface area contributed by atoms with Crippen LogP contribution < -0.4 is 10.6 Å². The summed E-state index contributed by atoms with van der Waals surface area (Å²) < 4.78 is 0. The van der Waals surface area contributed by atoms with Crippen LogP contribution in [0.4, 0.5) is 4.79 Å². The number of nitrogens with one attached hydrogen (secondary N) is 2. The molecule has 0 aliphatic carbocycles. The summed E-state index contributed by atoms with van der Waals surface area (Å²) in [5.41, 5.74) is 3.18. The fourth-order valence-electron chi connectivity index (χ4n) is 2.33. The van der Waals surface area contributed by atoms with E-state index in [4.69, 9.17) is 5.11 Å². The molecule has 0 spiro atoms. The molecule has 0 radical (unpaired) electrons. The molecular weight excluding hydrogens is 302 g/mol. The fourth-order valence-corrected chi connectivity index (χ4v) is 2.33. The lowest BCUT2D eigenvalue weighted by Gasteiger charge is -2.21. The minimum atomic E-state index is -0.230. The molecule has 128 valence electrons. The van der Waals surface area contributed by atoms with E-state index in [0.717, 1.165) is 16.7 Å². The van der Waals surface area contributed by atoms with Gasteiger partial charge in [-0.3, -0.25) is 4.98 Å². The monoisotopic (exact) mass is 327 g/mol. The van der Waals surface area contributed by atoms with Crippen molar-refractivity contribution in [3.63, 3.8) is 0 Å². The van der Waals surface area contributed by atoms with Crippen LogP contribution >= 0.6 is 0 Å². The molecule has 0 fully saturated rings. The van der Waals surface area contributed by atoms with Gasteiger partial charge in [0.2, 0.25) is 0 Å². The Morgan fingerprint density at radius 3 is 2.38 bits per heavy atom. The fraction of sp³-hybridized carbons (Fsp3) is 0.368. The predicted octanol–water partition coefficient (Wildman–Crippen LogP) is 3.13. The van der Waals surface area contributed by atoms with Gasteiger partial charge in [-0.15, -0.1) is 0 Å². The summed E-state index contributed by atoms with van der Waals surface area (Å²) in [5.74, 6) is 0.0184. The Kier molecular flexibility index (Phi) is 6.32. The number of aliphatic hydroxyl groups is 1. The largest absolute Gasteiger partial charge is 0.396 e. The molecule has 1 heterocycles. The Balaban J connectivity index is 1.95. The van der Waals surface area contributed by atoms with Crippen LogP contribution in [0.15, 0.2) is 48.8 Å². The lowest BCUT2D eigenvalue weighted by molar-refractivity contribution is 0.199. The van der Waals surface area contributed by atoms with Crippen LogP contribution in [-0.4, -0.2) is 28.8 Å². The highest BCUT2D eigenvalue weighted by atomic mass is 16.3. The number of hydrogen-bond donors (Lipinski definition) is 3. The molecule has 5 nitrogen and oxygen atoms in total. The number of carbonyl (C=O) groups excluding carboxylic acids is 1. The van der Waals surface area contributed by atoms with Gasteiger partial charge in [-0.2, -0.15) is 0 Å². The van der Waals surface area contributed by atoms with Crippen molar-refractivity contribution >= 4 is 6.03 Å². The van der Waals surface area contributed by atoms with Crippen molar-refractivity contribution in [2.75, 3.05) is 6.61 Å². The maximum absolute atomic E-state index is 12.0. The first kappa shape index (κ1) is 17.9. The van der Waals surface area contributed by atoms with E-state index < -0.39 is 0 Å². The quantitative estimate of drug-likeness (QED) is 0.763. The molecule has 1 aromatic heterocycles. The van der Waals surface area contributed by atoms with Gasteiger partial charge in [-0.25, -0.2) is 4.79 Å². The molecule has 3 atom stereocenters. The van der Waals surface area contributed by atoms with Crippen LogP contribution in [-0.2, 0) is 0 Å². The summed E-state index contributed by atoms with van der Waals surface area (Å²) in [6, 6.07) is 11.6. The molecule has 2 amide bonds. The maximum Gasteiger partial charge on any atom is 0.315 e. The predicted molar refractivity (Wildman–Crippen MR) is 95.5 cm³/mol. The smallest absolute Gasteiger partial charge is 0.315 e. The van der Waals surface area contributed by atoms with Gasteiger partial charge in [-0.05, 0) is 42.5 Å². The minimum absolute atomic E-state index is 0.0184. The average Bonchev–Trinajstić information content (AvgIpc) is 2.61. The number of aliphatic hydroxyl groups excluding tert-OH is 1. The normalized spacial score (nSPS) is 14.5. The van der Waals surface area contributed by atoms with E-state index in [-0.39, 0.29) is 30.6 Å². The van der Waals surface area contributed by atoms with E-state index in [1.54, 1.807) is 6.20 Å². The van der Waals surface area contributed by atoms with Gasteiger partial charge in [0.1, 0.15) is 0 Å². The van der Waals surface area contributed by atoms with E-state index in [2.05, 4.69) is 15.6 Å². The summed E-state index contributed by atoms with van der Waals surface area (Å²) in [6.45, 7) is 5.77. The second kappa shape index (κ2) is 8.45. The lowest BCUT2D eigenvalue weighted by atomic mass is 10.0. The number of amides is 2. The Morgan fingerprint density at radius 1 is 1.08 bits per heavy atom. The molecule has 24 heavy (non-hydrogen) atoms. The average molecular weight is 327 g/mol. The standard InChI is InChI=1S/C19H25N3O2/c1-13(12-23)14(2)21-19(24)22-15(3)16-6-8-17(9-7-16)18-5-4-10-20-11-18/h4-11,13-15,23H,12H2,1-3H3,(H2,21,22,24). The molecule has 2 rings (SSSR count). The second-order valence-electron chi connectivity index (χ2n) is 6.15. The van der Waals surface area contributed by atoms with Crippen LogP contribution in [0.25, 0.3) is 11.1 Å². The first-order chi connectivity index (χ1) is 11.5. The Bertz CT molecular complexity index is 643. The topological polar surface area (TPSA) is 74.2 Å². The summed E-state index contributed by atoms with van der Waals surface area (Å²) in [5, 5.41) is 14.9. The highest BCUT2D eigenvalue weighted by molar-refractivity contribution is 5.74. The molecule has 0 aliphatic heterocycles. The van der Waals surface area contributed by atoms with E-state index >= 15 is 0 Å². The van der Waals surface area contributed by atoms with E-state index in [0.29, 0.717) is 0 Å². The molecule has 0 aliphatic rings. The van der Waals surface area contributed by atoms with Crippen molar-refractivity contribution < 1.29 is 9.90 Å². The lowest BCUT2D eigenvalue weighted by Crippen LogP contribution is -2.44. The van der Waals surface area contributed by atoms with E-state index in [1.807, 2.05) is 63.4 Å². The third-order valence-corrected chi connectivity index (χ3v) is 4.25. The Labute approximate surface area is 143 Å². The number of rotatable bonds is 6. The first-order valence-electron chi connectivity index (χ1n) is 8.19. The van der Waals surface area contributed by atoms with E-state index in [1.165, 1.54) is 0 Å². The van der Waals surface area contributed by atoms with Crippen molar-refractivity contribution in [3.05, 3.63) is 54.4 Å². The zero-order valence-corrected chi connectivity index (χ0v) is 14.4. The van der Waals surface area contributed by atoms with Crippen LogP contribution in [0, 0.1) is 5.92 Å². The van der Waals surface area contributed by atoms with Gasteiger partial charge in [-0.1, -0.05) is 37.3 Å². The van der Waals surface area contributed by atoms with Crippen molar-refractivity contribution in [3.8, 4) is 11.1 Å². The van der Waals surface area contributed by atoms with E-state index in [9.17, 15) is 4.79 Å². The first-order valence-corrected chi connectivity index (χ1v) is 8.19. The molecule has 0 bridgehead atoms. The summed E-state index contributed by atoms with van der Waals surface area (Å²) in [4.78, 5) is 16.2. The minimum Gasteiger partial charge on any atom is -0.396 e. The van der Waals surface area contributed by atoms with Crippen LogP contribution in [0.1, 0.15) is 32.4 Å². The summed E-state index contributed by atoms with van der Waals surface area (Å²) in [6.07, 6.45) is 3.58. The molecule has 3 unspecified atom stereocenters. The zero-order valence-electron chi connectivity index (χ0n) is 14.4. The number of aromatic nitrogens is 1. The molecule has 1 aromatic carbocycles. The highest BCUT2D eigenvalue weighted by Crippen LogP contribution is 2.21. The van der Waals surface area contributed by atoms with Crippen molar-refractivity contribution in [2.45, 2.75) is 32.9 Å². The molecular formula is C19H25N3O2. The second-order valence-corrected chi connectivity index (χ2v) is 6.15. The van der Waals surface area contributed by atoms with Crippen molar-refractivity contribution in [1.29, 1.82) is 0 Å². The number of nitrogens with zero attached hydrogens (tertiary/aromatic N) is 1. The van der Waals surface area contributed by atoms with Crippen LogP contribution in [0.5, 0.6) is 0 Å². The third kappa shape index (κ3) is 4.80. The summed E-state index contributed by atoms with van der Waals surface area (Å²) in [7, 11) is 0. The summed E-state index contributed by atoms with van der Waals surface area (Å²) >= 11 is 0. The Hall–Kier alpha value is -2.40. The Morgan fingerprint density at radius 2 is 1.79 bits per heavy atom. The van der Waals surface area contributed by atoms with Crippen molar-refractivity contribution in [2.24, 2.45) is 5.92 Å². The zero-order chi connectivity index (χ0) is 17.5. The molecule has 2 aromatic rings. The number of benzene rings is 1. The number of pyridine rings is 1. The SMILES string of the molecule is CC(NC(=O)NC(C)C(C)CO)c1ccc(-c2cccnc2)cc1. The van der Waals surface area contributed by atoms with Gasteiger partial charge in [0, 0.05) is 25.0 Å². The van der Waals surface area contributed by atoms with Gasteiger partial charge in [0.15, 0.2) is 0 Å². The van der Waals surface area contributed by atoms with Crippen LogP contribution in [0.3, 0.4) is 0 Å². The van der Waals surface area contributed by atoms with Crippen molar-refractivity contribution in [1.82, 2.24) is 15.6 Å². The highest BCUT2D eigenvalue weighted by Gasteiger charge is 2.15. The number of hydrogen-bond acceptors (Lipinski definition) is 3. The molecule has 3 N–H and O–H groups in total. The van der Waals surface area contributed by atoms with Gasteiger partial charge in [0.25, 0.3) is 0 Å². The van der Waals surface area contributed by atoms with Gasteiger partial charge < -0.3 is 15.7 Å². The molecule has 5 heteroatoms. The third-order valence-electron chi connectivity index (χ3n) is 4.25. The van der Waals surface area contributed by atoms with Crippen LogP contribution in [0.2, 0.25) is 0 Å². The van der Waals surface area contributed by atoms with Gasteiger partial charge >= 0.3 is 6.03 Å². The van der Waals surface area contributed by atoms with Gasteiger partial charge in [0.05, 0.1) is 6.04 Å². The number of urea groups is 1. The molecule has 0 saturated carbocycles.